The summed E-state index contributed by atoms with van der Waals surface area (Å²) >= 11 is 0. The van der Waals surface area contributed by atoms with E-state index in [2.05, 4.69) is 18.0 Å². The molecule has 0 unspecified atom stereocenters. The Bertz CT molecular complexity index is 446. The normalized spacial score (nSPS) is 11.6. The summed E-state index contributed by atoms with van der Waals surface area (Å²) in [7, 11) is -5.84. The van der Waals surface area contributed by atoms with E-state index in [1.54, 1.807) is 0 Å². The summed E-state index contributed by atoms with van der Waals surface area (Å²) in [6.45, 7) is 2.22. The van der Waals surface area contributed by atoms with E-state index in [0.29, 0.717) is 0 Å². The first-order chi connectivity index (χ1) is 8.68. The number of hydrogen-bond acceptors (Lipinski definition) is 3. The maximum Gasteiger partial charge on any atom is 0.522 e. The quantitative estimate of drug-likeness (QED) is 0.526. The summed E-state index contributed by atoms with van der Waals surface area (Å²) in [5.74, 6) is 0. The maximum absolute atomic E-state index is 10.7. The number of pyridine rings is 1. The lowest BCUT2D eigenvalue weighted by molar-refractivity contribution is -0.0510. The summed E-state index contributed by atoms with van der Waals surface area (Å²) in [6.07, 6.45) is 6.87. The van der Waals surface area contributed by atoms with E-state index in [9.17, 15) is 13.2 Å². The molecule has 0 aliphatic heterocycles. The standard InChI is InChI=1S/C10H15N.CHF3O3S/c1-2-3-4-7-10-8-5-6-9-11-10;2-1(3,4)8(5,6)7/h5-6,8-9H,2-4,7H2,1H3;(H,5,6,7). The highest BCUT2D eigenvalue weighted by Gasteiger charge is 2.44. The van der Waals surface area contributed by atoms with Gasteiger partial charge >= 0.3 is 15.6 Å². The molecule has 0 spiro atoms. The number of halogens is 3. The molecule has 110 valence electrons. The van der Waals surface area contributed by atoms with Gasteiger partial charge in [0.25, 0.3) is 0 Å². The van der Waals surface area contributed by atoms with Crippen LogP contribution >= 0.6 is 0 Å². The fourth-order valence-electron chi connectivity index (χ4n) is 1.10. The summed E-state index contributed by atoms with van der Waals surface area (Å²) < 4.78 is 57.5. The average Bonchev–Trinajstić information content (AvgIpc) is 2.29. The molecule has 1 aromatic heterocycles. The molecule has 1 N–H and O–H groups in total. The monoisotopic (exact) mass is 299 g/mol. The smallest absolute Gasteiger partial charge is 0.279 e. The summed E-state index contributed by atoms with van der Waals surface area (Å²) in [5.41, 5.74) is -4.31. The molecule has 1 aromatic rings. The third-order valence-electron chi connectivity index (χ3n) is 2.06. The van der Waals surface area contributed by atoms with Crippen molar-refractivity contribution in [3.8, 4) is 0 Å². The average molecular weight is 299 g/mol. The van der Waals surface area contributed by atoms with E-state index in [1.807, 2.05) is 18.3 Å². The lowest BCUT2D eigenvalue weighted by atomic mass is 10.1. The first-order valence-electron chi connectivity index (χ1n) is 5.62. The zero-order chi connectivity index (χ0) is 14.9. The van der Waals surface area contributed by atoms with Crippen LogP contribution < -0.4 is 0 Å². The Kier molecular flexibility index (Phi) is 7.62. The summed E-state index contributed by atoms with van der Waals surface area (Å²) in [5, 5.41) is 0. The summed E-state index contributed by atoms with van der Waals surface area (Å²) in [4.78, 5) is 4.25. The number of rotatable bonds is 4. The highest BCUT2D eigenvalue weighted by atomic mass is 32.2. The molecule has 1 rings (SSSR count). The van der Waals surface area contributed by atoms with Gasteiger partial charge in [-0.3, -0.25) is 9.54 Å². The van der Waals surface area contributed by atoms with Gasteiger partial charge in [-0.25, -0.2) is 0 Å². The van der Waals surface area contributed by atoms with Crippen LogP contribution in [0.4, 0.5) is 13.2 Å². The van der Waals surface area contributed by atoms with Crippen LogP contribution in [0.15, 0.2) is 24.4 Å². The van der Waals surface area contributed by atoms with Crippen LogP contribution in [0, 0.1) is 0 Å². The Morgan fingerprint density at radius 2 is 1.84 bits per heavy atom. The molecule has 0 radical (unpaired) electrons. The molecule has 0 saturated heterocycles. The fourth-order valence-corrected chi connectivity index (χ4v) is 1.10. The van der Waals surface area contributed by atoms with Gasteiger partial charge in [-0.15, -0.1) is 0 Å². The van der Waals surface area contributed by atoms with Gasteiger partial charge in [0.1, 0.15) is 0 Å². The molecular formula is C11H16F3NO3S. The number of hydrogen-bond donors (Lipinski definition) is 1. The minimum absolute atomic E-state index is 1.13. The van der Waals surface area contributed by atoms with Crippen molar-refractivity contribution >= 4 is 10.1 Å². The van der Waals surface area contributed by atoms with Crippen LogP contribution in [-0.4, -0.2) is 23.5 Å². The topological polar surface area (TPSA) is 67.3 Å². The Morgan fingerprint density at radius 3 is 2.21 bits per heavy atom. The Labute approximate surface area is 110 Å². The Hall–Kier alpha value is -1.15. The van der Waals surface area contributed by atoms with Gasteiger partial charge in [0.15, 0.2) is 0 Å². The molecule has 0 atom stereocenters. The van der Waals surface area contributed by atoms with Crippen molar-refractivity contribution in [3.63, 3.8) is 0 Å². The molecule has 0 amide bonds. The molecular weight excluding hydrogens is 283 g/mol. The zero-order valence-corrected chi connectivity index (χ0v) is 11.2. The van der Waals surface area contributed by atoms with Gasteiger partial charge in [0.05, 0.1) is 0 Å². The van der Waals surface area contributed by atoms with Gasteiger partial charge in [-0.05, 0) is 25.0 Å². The van der Waals surface area contributed by atoms with Crippen LogP contribution in [0.3, 0.4) is 0 Å². The van der Waals surface area contributed by atoms with E-state index < -0.39 is 15.6 Å². The van der Waals surface area contributed by atoms with E-state index >= 15 is 0 Å². The minimum Gasteiger partial charge on any atom is -0.279 e. The third kappa shape index (κ3) is 8.55. The van der Waals surface area contributed by atoms with Crippen LogP contribution in [0.25, 0.3) is 0 Å². The van der Waals surface area contributed by atoms with E-state index in [-0.39, 0.29) is 0 Å². The van der Waals surface area contributed by atoms with Gasteiger partial charge in [0.2, 0.25) is 0 Å². The molecule has 4 nitrogen and oxygen atoms in total. The van der Waals surface area contributed by atoms with Crippen molar-refractivity contribution < 1.29 is 26.1 Å². The Balaban J connectivity index is 0.000000362. The highest BCUT2D eigenvalue weighted by Crippen LogP contribution is 2.20. The molecule has 0 aliphatic rings. The summed E-state index contributed by atoms with van der Waals surface area (Å²) in [6, 6.07) is 6.10. The highest BCUT2D eigenvalue weighted by molar-refractivity contribution is 7.86. The van der Waals surface area contributed by atoms with Gasteiger partial charge in [-0.1, -0.05) is 25.8 Å². The van der Waals surface area contributed by atoms with E-state index in [0.717, 1.165) is 6.42 Å². The predicted molar refractivity (Wildman–Crippen MR) is 65.1 cm³/mol. The molecule has 19 heavy (non-hydrogen) atoms. The number of unbranched alkanes of at least 4 members (excludes halogenated alkanes) is 2. The van der Waals surface area contributed by atoms with Crippen LogP contribution in [-0.2, 0) is 16.5 Å². The van der Waals surface area contributed by atoms with Gasteiger partial charge in [0, 0.05) is 11.9 Å². The lowest BCUT2D eigenvalue weighted by Gasteiger charge is -1.97. The van der Waals surface area contributed by atoms with Crippen LogP contribution in [0.1, 0.15) is 31.9 Å². The van der Waals surface area contributed by atoms with E-state index in [4.69, 9.17) is 13.0 Å². The largest absolute Gasteiger partial charge is 0.522 e. The lowest BCUT2D eigenvalue weighted by Crippen LogP contribution is -2.21. The minimum atomic E-state index is -5.84. The van der Waals surface area contributed by atoms with Crippen molar-refractivity contribution in [2.45, 2.75) is 38.1 Å². The van der Waals surface area contributed by atoms with Crippen molar-refractivity contribution in [3.05, 3.63) is 30.1 Å². The van der Waals surface area contributed by atoms with Gasteiger partial charge < -0.3 is 0 Å². The second-order valence-electron chi connectivity index (χ2n) is 3.70. The van der Waals surface area contributed by atoms with Gasteiger partial charge in [-0.2, -0.15) is 21.6 Å². The van der Waals surface area contributed by atoms with Crippen LogP contribution in [0.5, 0.6) is 0 Å². The number of alkyl halides is 3. The van der Waals surface area contributed by atoms with Crippen molar-refractivity contribution in [1.29, 1.82) is 0 Å². The molecule has 0 aromatic carbocycles. The number of nitrogens with zero attached hydrogens (tertiary/aromatic N) is 1. The number of aromatic nitrogens is 1. The molecule has 0 bridgehead atoms. The molecule has 0 aliphatic carbocycles. The SMILES string of the molecule is CCCCCc1ccccn1.O=S(=O)(O)C(F)(F)F. The predicted octanol–water partition coefficient (Wildman–Crippen LogP) is 3.21. The molecule has 0 fully saturated rings. The molecule has 8 heteroatoms. The first kappa shape index (κ1) is 17.8. The molecule has 0 saturated carbocycles. The molecule has 1 heterocycles. The second kappa shape index (κ2) is 8.11. The van der Waals surface area contributed by atoms with Crippen LogP contribution in [0.2, 0.25) is 0 Å². The fraction of sp³-hybridized carbons (Fsp3) is 0.545. The number of aryl methyl sites for hydroxylation is 1. The second-order valence-corrected chi connectivity index (χ2v) is 5.11. The zero-order valence-electron chi connectivity index (χ0n) is 10.4. The third-order valence-corrected chi connectivity index (χ3v) is 2.64. The van der Waals surface area contributed by atoms with E-state index in [1.165, 1.54) is 25.0 Å². The Morgan fingerprint density at radius 1 is 1.26 bits per heavy atom. The maximum atomic E-state index is 10.7. The van der Waals surface area contributed by atoms with Crippen molar-refractivity contribution in [2.24, 2.45) is 0 Å². The first-order valence-corrected chi connectivity index (χ1v) is 7.06. The van der Waals surface area contributed by atoms with Crippen molar-refractivity contribution in [1.82, 2.24) is 4.98 Å². The van der Waals surface area contributed by atoms with Crippen molar-refractivity contribution in [2.75, 3.05) is 0 Å².